The Labute approximate surface area is 111 Å². The normalized spacial score (nSPS) is 10.8. The fraction of sp³-hybridized carbons (Fsp3) is 0.636. The average Bonchev–Trinajstić information content (AvgIpc) is 2.82. The smallest absolute Gasteiger partial charge is 0.233 e. The Morgan fingerprint density at radius 1 is 1.65 bits per heavy atom. The van der Waals surface area contributed by atoms with Crippen LogP contribution in [0.15, 0.2) is 5.38 Å². The first kappa shape index (κ1) is 14.4. The number of likely N-dealkylation sites (N-methyl/N-ethyl adjacent to an activating group) is 2. The maximum atomic E-state index is 11.3. The quantitative estimate of drug-likeness (QED) is 0.767. The van der Waals surface area contributed by atoms with Crippen molar-refractivity contribution in [3.63, 3.8) is 0 Å². The first-order valence-electron chi connectivity index (χ1n) is 5.61. The number of carbonyl (C=O) groups excluding carboxylic acids is 1. The van der Waals surface area contributed by atoms with Crippen LogP contribution < -0.4 is 5.32 Å². The molecule has 0 spiro atoms. The van der Waals surface area contributed by atoms with Crippen molar-refractivity contribution < 1.29 is 4.79 Å². The van der Waals surface area contributed by atoms with Crippen molar-refractivity contribution in [3.05, 3.63) is 16.1 Å². The predicted molar refractivity (Wildman–Crippen MR) is 71.6 cm³/mol. The van der Waals surface area contributed by atoms with E-state index in [1.165, 1.54) is 0 Å². The van der Waals surface area contributed by atoms with Gasteiger partial charge < -0.3 is 5.32 Å². The number of alkyl halides is 1. The first-order valence-corrected chi connectivity index (χ1v) is 7.03. The highest BCUT2D eigenvalue weighted by Crippen LogP contribution is 2.12. The van der Waals surface area contributed by atoms with Gasteiger partial charge >= 0.3 is 0 Å². The number of hydrogen-bond acceptors (Lipinski definition) is 4. The molecule has 1 aromatic rings. The van der Waals surface area contributed by atoms with E-state index in [1.54, 1.807) is 18.4 Å². The van der Waals surface area contributed by atoms with Crippen molar-refractivity contribution in [3.8, 4) is 0 Å². The number of amides is 1. The summed E-state index contributed by atoms with van der Waals surface area (Å²) in [6.07, 6.45) is 0.867. The molecule has 0 saturated heterocycles. The molecule has 0 aliphatic rings. The molecule has 1 N–H and O–H groups in total. The molecule has 0 unspecified atom stereocenters. The molecule has 0 aliphatic carbocycles. The monoisotopic (exact) mass is 275 g/mol. The summed E-state index contributed by atoms with van der Waals surface area (Å²) in [5.74, 6) is 0.513. The first-order chi connectivity index (χ1) is 8.19. The molecule has 1 heterocycles. The summed E-state index contributed by atoms with van der Waals surface area (Å²) in [6, 6.07) is 0. The zero-order valence-electron chi connectivity index (χ0n) is 10.2. The van der Waals surface area contributed by atoms with Gasteiger partial charge in [0.05, 0.1) is 23.1 Å². The highest BCUT2D eigenvalue weighted by atomic mass is 35.5. The van der Waals surface area contributed by atoms with Gasteiger partial charge in [0.2, 0.25) is 5.91 Å². The van der Waals surface area contributed by atoms with E-state index in [0.29, 0.717) is 12.4 Å². The molecule has 1 rings (SSSR count). The van der Waals surface area contributed by atoms with Gasteiger partial charge in [-0.3, -0.25) is 9.69 Å². The van der Waals surface area contributed by atoms with Crippen LogP contribution in [0.1, 0.15) is 17.6 Å². The minimum atomic E-state index is 0.0486. The summed E-state index contributed by atoms with van der Waals surface area (Å²) < 4.78 is 0. The molecule has 0 aliphatic heterocycles. The number of hydrogen-bond donors (Lipinski definition) is 1. The van der Waals surface area contributed by atoms with E-state index < -0.39 is 0 Å². The van der Waals surface area contributed by atoms with Crippen LogP contribution in [-0.2, 0) is 17.1 Å². The molecule has 0 radical (unpaired) electrons. The van der Waals surface area contributed by atoms with Crippen LogP contribution in [-0.4, -0.2) is 42.5 Å². The van der Waals surface area contributed by atoms with Gasteiger partial charge in [-0.15, -0.1) is 22.9 Å². The molecule has 1 amide bonds. The van der Waals surface area contributed by atoms with E-state index in [1.807, 2.05) is 5.38 Å². The number of rotatable bonds is 7. The Balaban J connectivity index is 2.39. The molecule has 0 fully saturated rings. The third-order valence-electron chi connectivity index (χ3n) is 2.47. The van der Waals surface area contributed by atoms with Gasteiger partial charge in [0.15, 0.2) is 0 Å². The zero-order chi connectivity index (χ0) is 12.7. The Morgan fingerprint density at radius 2 is 2.41 bits per heavy atom. The summed E-state index contributed by atoms with van der Waals surface area (Å²) in [4.78, 5) is 17.8. The second kappa shape index (κ2) is 7.63. The molecule has 6 heteroatoms. The highest BCUT2D eigenvalue weighted by Gasteiger charge is 2.09. The van der Waals surface area contributed by atoms with Gasteiger partial charge in [0, 0.05) is 25.4 Å². The molecule has 4 nitrogen and oxygen atoms in total. The van der Waals surface area contributed by atoms with E-state index in [4.69, 9.17) is 11.6 Å². The minimum Gasteiger partial charge on any atom is -0.358 e. The Morgan fingerprint density at radius 3 is 2.94 bits per heavy atom. The van der Waals surface area contributed by atoms with E-state index in [0.717, 1.165) is 30.2 Å². The summed E-state index contributed by atoms with van der Waals surface area (Å²) in [5, 5.41) is 5.69. The second-order valence-electron chi connectivity index (χ2n) is 3.66. The number of nitrogens with zero attached hydrogens (tertiary/aromatic N) is 2. The largest absolute Gasteiger partial charge is 0.358 e. The molecular weight excluding hydrogens is 258 g/mol. The van der Waals surface area contributed by atoms with Crippen molar-refractivity contribution in [2.45, 2.75) is 19.2 Å². The maximum Gasteiger partial charge on any atom is 0.233 e. The number of thiazole rings is 1. The maximum absolute atomic E-state index is 11.3. The lowest BCUT2D eigenvalue weighted by Crippen LogP contribution is -2.36. The predicted octanol–water partition coefficient (Wildman–Crippen LogP) is 1.49. The van der Waals surface area contributed by atoms with E-state index in [9.17, 15) is 4.79 Å². The fourth-order valence-electron chi connectivity index (χ4n) is 1.41. The average molecular weight is 276 g/mol. The lowest BCUT2D eigenvalue weighted by molar-refractivity contribution is -0.121. The third-order valence-corrected chi connectivity index (χ3v) is 3.70. The van der Waals surface area contributed by atoms with Gasteiger partial charge in [-0.25, -0.2) is 4.98 Å². The van der Waals surface area contributed by atoms with Crippen LogP contribution in [0.3, 0.4) is 0 Å². The molecule has 0 bridgehead atoms. The zero-order valence-corrected chi connectivity index (χ0v) is 11.8. The van der Waals surface area contributed by atoms with E-state index in [2.05, 4.69) is 22.1 Å². The van der Waals surface area contributed by atoms with Gasteiger partial charge in [-0.05, 0) is 6.54 Å². The third kappa shape index (κ3) is 5.02. The van der Waals surface area contributed by atoms with E-state index >= 15 is 0 Å². The van der Waals surface area contributed by atoms with Crippen LogP contribution in [0.4, 0.5) is 0 Å². The Hall–Kier alpha value is -0.650. The van der Waals surface area contributed by atoms with Gasteiger partial charge in [0.25, 0.3) is 0 Å². The molecular formula is C11H18ClN3OS. The summed E-state index contributed by atoms with van der Waals surface area (Å²) >= 11 is 7.33. The second-order valence-corrected chi connectivity index (χ2v) is 4.87. The molecule has 1 aromatic heterocycles. The number of nitrogens with one attached hydrogen (secondary N) is 1. The highest BCUT2D eigenvalue weighted by molar-refractivity contribution is 7.09. The van der Waals surface area contributed by atoms with Crippen molar-refractivity contribution in [1.82, 2.24) is 15.2 Å². The van der Waals surface area contributed by atoms with Crippen molar-refractivity contribution >= 4 is 28.8 Å². The molecule has 96 valence electrons. The summed E-state index contributed by atoms with van der Waals surface area (Å²) in [7, 11) is 1.66. The molecule has 17 heavy (non-hydrogen) atoms. The lowest BCUT2D eigenvalue weighted by atomic mass is 10.3. The van der Waals surface area contributed by atoms with Crippen molar-refractivity contribution in [1.29, 1.82) is 0 Å². The van der Waals surface area contributed by atoms with Crippen LogP contribution in [0.5, 0.6) is 0 Å². The fourth-order valence-corrected chi connectivity index (χ4v) is 2.43. The minimum absolute atomic E-state index is 0.0486. The van der Waals surface area contributed by atoms with Gasteiger partial charge in [-0.2, -0.15) is 0 Å². The Kier molecular flexibility index (Phi) is 6.47. The van der Waals surface area contributed by atoms with Gasteiger partial charge in [0.1, 0.15) is 0 Å². The van der Waals surface area contributed by atoms with Crippen LogP contribution in [0.2, 0.25) is 0 Å². The SMILES string of the molecule is CCN(CCc1nc(CCl)cs1)CC(=O)NC. The topological polar surface area (TPSA) is 45.2 Å². The van der Waals surface area contributed by atoms with Gasteiger partial charge in [-0.1, -0.05) is 6.92 Å². The number of halogens is 1. The lowest BCUT2D eigenvalue weighted by Gasteiger charge is -2.18. The van der Waals surface area contributed by atoms with Crippen LogP contribution in [0, 0.1) is 0 Å². The molecule has 0 saturated carbocycles. The standard InChI is InChI=1S/C11H18ClN3OS/c1-3-15(7-10(16)13-2)5-4-11-14-9(6-12)8-17-11/h8H,3-7H2,1-2H3,(H,13,16). The van der Waals surface area contributed by atoms with Crippen LogP contribution >= 0.6 is 22.9 Å². The van der Waals surface area contributed by atoms with E-state index in [-0.39, 0.29) is 5.91 Å². The Bertz CT molecular complexity index is 356. The van der Waals surface area contributed by atoms with Crippen molar-refractivity contribution in [2.24, 2.45) is 0 Å². The molecule has 0 atom stereocenters. The van der Waals surface area contributed by atoms with Crippen molar-refractivity contribution in [2.75, 3.05) is 26.7 Å². The number of aromatic nitrogens is 1. The summed E-state index contributed by atoms with van der Waals surface area (Å²) in [6.45, 7) is 4.20. The summed E-state index contributed by atoms with van der Waals surface area (Å²) in [5.41, 5.74) is 0.931. The molecule has 0 aromatic carbocycles. The number of carbonyl (C=O) groups is 1. The van der Waals surface area contributed by atoms with Crippen LogP contribution in [0.25, 0.3) is 0 Å².